The van der Waals surface area contributed by atoms with E-state index in [1.165, 1.54) is 23.4 Å². The quantitative estimate of drug-likeness (QED) is 0.516. The lowest BCUT2D eigenvalue weighted by Gasteiger charge is -2.07. The highest BCUT2D eigenvalue weighted by Crippen LogP contribution is 2.35. The smallest absolute Gasteiger partial charge is 0.248 e. The molecule has 0 aliphatic rings. The molecule has 3 aromatic heterocycles. The topological polar surface area (TPSA) is 89.6 Å². The van der Waals surface area contributed by atoms with E-state index in [-0.39, 0.29) is 10.8 Å². The van der Waals surface area contributed by atoms with Crippen molar-refractivity contribution in [2.24, 2.45) is 7.05 Å². The van der Waals surface area contributed by atoms with Crippen LogP contribution in [0, 0.1) is 6.92 Å². The molecule has 0 radical (unpaired) electrons. The van der Waals surface area contributed by atoms with Gasteiger partial charge in [0.15, 0.2) is 16.7 Å². The number of aromatic nitrogens is 5. The average molecular weight is 393 g/mol. The summed E-state index contributed by atoms with van der Waals surface area (Å²) in [5.41, 5.74) is 3.56. The predicted octanol–water partition coefficient (Wildman–Crippen LogP) is 3.99. The maximum absolute atomic E-state index is 11.5. The molecule has 0 aliphatic heterocycles. The van der Waals surface area contributed by atoms with Crippen LogP contribution in [0.5, 0.6) is 0 Å². The molecular formula is C20H19N5O2S. The van der Waals surface area contributed by atoms with Crippen molar-refractivity contribution in [1.82, 2.24) is 24.9 Å². The third kappa shape index (κ3) is 3.63. The summed E-state index contributed by atoms with van der Waals surface area (Å²) in [4.78, 5) is 14.2. The zero-order chi connectivity index (χ0) is 19.7. The number of rotatable bonds is 5. The number of H-pyrrole nitrogens is 1. The van der Waals surface area contributed by atoms with E-state index in [1.54, 1.807) is 12.3 Å². The molecule has 0 aliphatic carbocycles. The fraction of sp³-hybridized carbons (Fsp3) is 0.200. The number of nitrogens with one attached hydrogen (secondary N) is 1. The second kappa shape index (κ2) is 7.47. The summed E-state index contributed by atoms with van der Waals surface area (Å²) in [5, 5.41) is 13.5. The van der Waals surface area contributed by atoms with E-state index >= 15 is 0 Å². The van der Waals surface area contributed by atoms with Gasteiger partial charge in [0, 0.05) is 36.5 Å². The highest BCUT2D eigenvalue weighted by Gasteiger charge is 2.19. The first kappa shape index (κ1) is 18.2. The molecule has 1 aromatic carbocycles. The Hall–Kier alpha value is -3.13. The highest BCUT2D eigenvalue weighted by molar-refractivity contribution is 7.99. The normalized spacial score (nSPS) is 12.2. The van der Waals surface area contributed by atoms with E-state index in [0.717, 1.165) is 27.7 Å². The maximum Gasteiger partial charge on any atom is 0.248 e. The van der Waals surface area contributed by atoms with E-state index in [1.807, 2.05) is 49.7 Å². The number of benzene rings is 1. The molecule has 4 aromatic rings. The highest BCUT2D eigenvalue weighted by atomic mass is 32.2. The Morgan fingerprint density at radius 2 is 2.00 bits per heavy atom. The van der Waals surface area contributed by atoms with Crippen LogP contribution in [0.3, 0.4) is 0 Å². The number of hydrogen-bond donors (Lipinski definition) is 1. The van der Waals surface area contributed by atoms with Gasteiger partial charge < -0.3 is 14.1 Å². The van der Waals surface area contributed by atoms with Crippen LogP contribution in [-0.4, -0.2) is 24.9 Å². The van der Waals surface area contributed by atoms with E-state index < -0.39 is 0 Å². The van der Waals surface area contributed by atoms with Gasteiger partial charge in [-0.3, -0.25) is 4.79 Å². The van der Waals surface area contributed by atoms with Crippen molar-refractivity contribution in [3.63, 3.8) is 0 Å². The second-order valence-corrected chi connectivity index (χ2v) is 7.86. The Balaban J connectivity index is 1.55. The molecule has 28 heavy (non-hydrogen) atoms. The molecule has 1 atom stereocenters. The zero-order valence-electron chi connectivity index (χ0n) is 15.7. The largest absolute Gasteiger partial charge is 0.356 e. The first-order chi connectivity index (χ1) is 13.5. The Bertz CT molecular complexity index is 1180. The molecule has 142 valence electrons. The summed E-state index contributed by atoms with van der Waals surface area (Å²) < 4.78 is 7.41. The second-order valence-electron chi connectivity index (χ2n) is 6.55. The molecule has 0 unspecified atom stereocenters. The minimum atomic E-state index is -0.172. The van der Waals surface area contributed by atoms with Crippen molar-refractivity contribution in [3.05, 3.63) is 70.3 Å². The number of pyridine rings is 1. The summed E-state index contributed by atoms with van der Waals surface area (Å²) >= 11 is 1.54. The molecule has 0 spiro atoms. The Kier molecular flexibility index (Phi) is 4.87. The standard InChI is InChI=1S/C20H19N5O2S/c1-12-5-4-6-14(9-12)17-11-16(24-27-17)13(2)28-20-23-22-19(25(20)3)15-7-8-21-18(26)10-15/h4-11,13H,1-3H3,(H,21,26)/t13-/m1/s1. The van der Waals surface area contributed by atoms with Crippen LogP contribution in [-0.2, 0) is 7.05 Å². The van der Waals surface area contributed by atoms with Crippen molar-refractivity contribution >= 4 is 11.8 Å². The summed E-state index contributed by atoms with van der Waals surface area (Å²) in [5.74, 6) is 1.38. The van der Waals surface area contributed by atoms with Gasteiger partial charge in [-0.15, -0.1) is 10.2 Å². The van der Waals surface area contributed by atoms with Crippen LogP contribution >= 0.6 is 11.8 Å². The third-order valence-corrected chi connectivity index (χ3v) is 5.56. The predicted molar refractivity (Wildman–Crippen MR) is 108 cm³/mol. The minimum Gasteiger partial charge on any atom is -0.356 e. The lowest BCUT2D eigenvalue weighted by atomic mass is 10.1. The summed E-state index contributed by atoms with van der Waals surface area (Å²) in [6.07, 6.45) is 1.60. The monoisotopic (exact) mass is 393 g/mol. The van der Waals surface area contributed by atoms with Crippen LogP contribution in [0.2, 0.25) is 0 Å². The molecule has 0 amide bonds. The number of hydrogen-bond acceptors (Lipinski definition) is 6. The van der Waals surface area contributed by atoms with Gasteiger partial charge in [0.25, 0.3) is 0 Å². The minimum absolute atomic E-state index is 0.0252. The van der Waals surface area contributed by atoms with Gasteiger partial charge in [0.2, 0.25) is 5.56 Å². The molecule has 3 heterocycles. The third-order valence-electron chi connectivity index (χ3n) is 4.40. The number of thioether (sulfide) groups is 1. The summed E-state index contributed by atoms with van der Waals surface area (Å²) in [6, 6.07) is 13.4. The lowest BCUT2D eigenvalue weighted by molar-refractivity contribution is 0.424. The first-order valence-electron chi connectivity index (χ1n) is 8.80. The molecule has 4 rings (SSSR count). The molecular weight excluding hydrogens is 374 g/mol. The molecule has 0 saturated carbocycles. The van der Waals surface area contributed by atoms with Gasteiger partial charge in [-0.05, 0) is 26.0 Å². The molecule has 0 saturated heterocycles. The van der Waals surface area contributed by atoms with Crippen molar-refractivity contribution in [2.75, 3.05) is 0 Å². The Labute approximate surface area is 165 Å². The van der Waals surface area contributed by atoms with Crippen molar-refractivity contribution < 1.29 is 4.52 Å². The summed E-state index contributed by atoms with van der Waals surface area (Å²) in [6.45, 7) is 4.09. The van der Waals surface area contributed by atoms with Crippen LogP contribution in [0.25, 0.3) is 22.7 Å². The van der Waals surface area contributed by atoms with Crippen LogP contribution in [0.1, 0.15) is 23.4 Å². The van der Waals surface area contributed by atoms with Gasteiger partial charge in [-0.1, -0.05) is 40.7 Å². The number of nitrogens with zero attached hydrogens (tertiary/aromatic N) is 4. The van der Waals surface area contributed by atoms with Gasteiger partial charge in [0.1, 0.15) is 0 Å². The fourth-order valence-corrected chi connectivity index (χ4v) is 3.77. The fourth-order valence-electron chi connectivity index (χ4n) is 2.89. The van der Waals surface area contributed by atoms with Crippen molar-refractivity contribution in [3.8, 4) is 22.7 Å². The molecule has 7 nitrogen and oxygen atoms in total. The van der Waals surface area contributed by atoms with Crippen molar-refractivity contribution in [1.29, 1.82) is 0 Å². The van der Waals surface area contributed by atoms with E-state index in [2.05, 4.69) is 26.4 Å². The molecule has 0 bridgehead atoms. The van der Waals surface area contributed by atoms with Gasteiger partial charge in [-0.25, -0.2) is 0 Å². The van der Waals surface area contributed by atoms with Crippen LogP contribution < -0.4 is 5.56 Å². The Morgan fingerprint density at radius 1 is 1.14 bits per heavy atom. The van der Waals surface area contributed by atoms with E-state index in [0.29, 0.717) is 5.82 Å². The van der Waals surface area contributed by atoms with Gasteiger partial charge in [0.05, 0.1) is 10.9 Å². The number of aromatic amines is 1. The lowest BCUT2D eigenvalue weighted by Crippen LogP contribution is -2.04. The van der Waals surface area contributed by atoms with Gasteiger partial charge in [-0.2, -0.15) is 0 Å². The van der Waals surface area contributed by atoms with Crippen LogP contribution in [0.15, 0.2) is 63.1 Å². The molecule has 1 N–H and O–H groups in total. The average Bonchev–Trinajstić information content (AvgIpc) is 3.30. The molecule has 8 heteroatoms. The van der Waals surface area contributed by atoms with Gasteiger partial charge >= 0.3 is 0 Å². The van der Waals surface area contributed by atoms with Crippen molar-refractivity contribution in [2.45, 2.75) is 24.3 Å². The van der Waals surface area contributed by atoms with Crippen LogP contribution in [0.4, 0.5) is 0 Å². The number of aryl methyl sites for hydroxylation is 1. The SMILES string of the molecule is Cc1cccc(-c2cc([C@@H](C)Sc3nnc(-c4cc[nH]c(=O)c4)n3C)no2)c1. The first-order valence-corrected chi connectivity index (χ1v) is 9.68. The van der Waals surface area contributed by atoms with E-state index in [9.17, 15) is 4.79 Å². The molecule has 0 fully saturated rings. The van der Waals surface area contributed by atoms with E-state index in [4.69, 9.17) is 4.52 Å². The Morgan fingerprint density at radius 3 is 2.79 bits per heavy atom. The summed E-state index contributed by atoms with van der Waals surface area (Å²) in [7, 11) is 1.88. The zero-order valence-corrected chi connectivity index (χ0v) is 16.5. The maximum atomic E-state index is 11.5.